The molecule has 2 amide bonds. The van der Waals surface area contributed by atoms with Gasteiger partial charge < -0.3 is 16.4 Å². The molecule has 1 aromatic carbocycles. The second kappa shape index (κ2) is 8.00. The Labute approximate surface area is 131 Å². The smallest absolute Gasteiger partial charge is 0.227 e. The van der Waals surface area contributed by atoms with Gasteiger partial charge in [-0.1, -0.05) is 6.42 Å². The van der Waals surface area contributed by atoms with Crippen LogP contribution in [0.1, 0.15) is 26.2 Å². The number of carbonyl (C=O) groups excluding carboxylic acids is 2. The van der Waals surface area contributed by atoms with Crippen LogP contribution in [-0.4, -0.2) is 18.4 Å². The molecule has 1 saturated carbocycles. The third kappa shape index (κ3) is 4.72. The topological polar surface area (TPSA) is 84.2 Å². The molecule has 1 aliphatic rings. The Balaban J connectivity index is 0.00000220. The van der Waals surface area contributed by atoms with E-state index in [2.05, 4.69) is 10.6 Å². The molecular weight excluding hydrogens is 290 g/mol. The van der Waals surface area contributed by atoms with Crippen molar-refractivity contribution in [3.05, 3.63) is 24.3 Å². The second-order valence-corrected chi connectivity index (χ2v) is 5.28. The summed E-state index contributed by atoms with van der Waals surface area (Å²) < 4.78 is 0. The molecule has 1 fully saturated rings. The first kappa shape index (κ1) is 17.5. The summed E-state index contributed by atoms with van der Waals surface area (Å²) in [5.74, 6) is 0.257. The first-order valence-electron chi connectivity index (χ1n) is 6.98. The van der Waals surface area contributed by atoms with Gasteiger partial charge >= 0.3 is 0 Å². The first-order valence-corrected chi connectivity index (χ1v) is 6.98. The fourth-order valence-electron chi connectivity index (χ4n) is 2.74. The Morgan fingerprint density at radius 3 is 2.24 bits per heavy atom. The molecule has 6 heteroatoms. The maximum atomic E-state index is 12.2. The van der Waals surface area contributed by atoms with Gasteiger partial charge in [0.05, 0.1) is 0 Å². The van der Waals surface area contributed by atoms with Gasteiger partial charge in [-0.25, -0.2) is 0 Å². The lowest BCUT2D eigenvalue weighted by Crippen LogP contribution is -2.29. The number of nitrogens with two attached hydrogens (primary N) is 1. The number of benzene rings is 1. The van der Waals surface area contributed by atoms with Crippen LogP contribution in [0, 0.1) is 11.8 Å². The third-order valence-electron chi connectivity index (χ3n) is 3.77. The van der Waals surface area contributed by atoms with Crippen molar-refractivity contribution in [1.29, 1.82) is 0 Å². The first-order chi connectivity index (χ1) is 9.60. The number of carbonyl (C=O) groups is 2. The van der Waals surface area contributed by atoms with Gasteiger partial charge in [0.25, 0.3) is 0 Å². The van der Waals surface area contributed by atoms with Crippen molar-refractivity contribution in [3.8, 4) is 0 Å². The Kier molecular flexibility index (Phi) is 6.65. The average molecular weight is 312 g/mol. The lowest BCUT2D eigenvalue weighted by Gasteiger charge is -2.17. The van der Waals surface area contributed by atoms with Crippen LogP contribution in [0.5, 0.6) is 0 Å². The minimum Gasteiger partial charge on any atom is -0.330 e. The van der Waals surface area contributed by atoms with Crippen LogP contribution in [-0.2, 0) is 9.59 Å². The maximum absolute atomic E-state index is 12.2. The number of rotatable bonds is 4. The lowest BCUT2D eigenvalue weighted by atomic mass is 9.95. The standard InChI is InChI=1S/C15H21N3O2.ClH/c1-10(19)17-12-5-7-13(8-6-12)18-15(20)14-4-2-3-11(14)9-16;/h5-8,11,14H,2-4,9,16H2,1H3,(H,17,19)(H,18,20);1H/t11-,14-;/m1./s1. The minimum absolute atomic E-state index is 0. The highest BCUT2D eigenvalue weighted by atomic mass is 35.5. The normalized spacial score (nSPS) is 20.5. The Hall–Kier alpha value is -1.59. The van der Waals surface area contributed by atoms with Crippen molar-refractivity contribution in [2.45, 2.75) is 26.2 Å². The van der Waals surface area contributed by atoms with Crippen molar-refractivity contribution in [2.24, 2.45) is 17.6 Å². The highest BCUT2D eigenvalue weighted by molar-refractivity contribution is 5.93. The largest absolute Gasteiger partial charge is 0.330 e. The Bertz CT molecular complexity index is 490. The number of halogens is 1. The van der Waals surface area contributed by atoms with Gasteiger partial charge in [-0.3, -0.25) is 9.59 Å². The van der Waals surface area contributed by atoms with Crippen molar-refractivity contribution < 1.29 is 9.59 Å². The van der Waals surface area contributed by atoms with Gasteiger partial charge in [0.2, 0.25) is 11.8 Å². The Morgan fingerprint density at radius 1 is 1.14 bits per heavy atom. The molecule has 0 aromatic heterocycles. The summed E-state index contributed by atoms with van der Waals surface area (Å²) in [7, 11) is 0. The summed E-state index contributed by atoms with van der Waals surface area (Å²) >= 11 is 0. The molecular formula is C15H22ClN3O2. The van der Waals surface area contributed by atoms with Crippen LogP contribution < -0.4 is 16.4 Å². The summed E-state index contributed by atoms with van der Waals surface area (Å²) in [6.07, 6.45) is 3.02. The molecule has 5 nitrogen and oxygen atoms in total. The molecule has 1 aromatic rings. The Morgan fingerprint density at radius 2 is 1.71 bits per heavy atom. The van der Waals surface area contributed by atoms with E-state index in [1.54, 1.807) is 24.3 Å². The van der Waals surface area contributed by atoms with E-state index in [1.165, 1.54) is 6.92 Å². The van der Waals surface area contributed by atoms with E-state index in [1.807, 2.05) is 0 Å². The second-order valence-electron chi connectivity index (χ2n) is 5.28. The van der Waals surface area contributed by atoms with Gasteiger partial charge in [0.1, 0.15) is 0 Å². The van der Waals surface area contributed by atoms with E-state index < -0.39 is 0 Å². The molecule has 0 saturated heterocycles. The third-order valence-corrected chi connectivity index (χ3v) is 3.77. The lowest BCUT2D eigenvalue weighted by molar-refractivity contribution is -0.120. The van der Waals surface area contributed by atoms with E-state index in [0.29, 0.717) is 12.5 Å². The molecule has 21 heavy (non-hydrogen) atoms. The molecule has 4 N–H and O–H groups in total. The fourth-order valence-corrected chi connectivity index (χ4v) is 2.74. The molecule has 2 rings (SSSR count). The predicted octanol–water partition coefficient (Wildman–Crippen LogP) is 2.38. The summed E-state index contributed by atoms with van der Waals surface area (Å²) in [4.78, 5) is 23.1. The molecule has 2 atom stereocenters. The molecule has 0 spiro atoms. The van der Waals surface area contributed by atoms with E-state index in [9.17, 15) is 9.59 Å². The summed E-state index contributed by atoms with van der Waals surface area (Å²) in [5, 5.41) is 5.61. The summed E-state index contributed by atoms with van der Waals surface area (Å²) in [5.41, 5.74) is 7.16. The molecule has 0 radical (unpaired) electrons. The van der Waals surface area contributed by atoms with Crippen LogP contribution in [0.25, 0.3) is 0 Å². The van der Waals surface area contributed by atoms with Gasteiger partial charge in [0.15, 0.2) is 0 Å². The molecule has 0 aliphatic heterocycles. The summed E-state index contributed by atoms with van der Waals surface area (Å²) in [6.45, 7) is 2.03. The van der Waals surface area contributed by atoms with E-state index >= 15 is 0 Å². The van der Waals surface area contributed by atoms with E-state index in [-0.39, 0.29) is 30.1 Å². The monoisotopic (exact) mass is 311 g/mol. The zero-order valence-corrected chi connectivity index (χ0v) is 12.9. The quantitative estimate of drug-likeness (QED) is 0.798. The maximum Gasteiger partial charge on any atom is 0.227 e. The van der Waals surface area contributed by atoms with Gasteiger partial charge in [-0.15, -0.1) is 12.4 Å². The molecule has 0 unspecified atom stereocenters. The zero-order valence-electron chi connectivity index (χ0n) is 12.1. The van der Waals surface area contributed by atoms with Crippen LogP contribution in [0.3, 0.4) is 0 Å². The van der Waals surface area contributed by atoms with Gasteiger partial charge in [-0.2, -0.15) is 0 Å². The number of hydrogen-bond acceptors (Lipinski definition) is 3. The predicted molar refractivity (Wildman–Crippen MR) is 86.5 cm³/mol. The highest BCUT2D eigenvalue weighted by Gasteiger charge is 2.31. The number of hydrogen-bond donors (Lipinski definition) is 3. The van der Waals surface area contributed by atoms with Crippen molar-refractivity contribution in [1.82, 2.24) is 0 Å². The van der Waals surface area contributed by atoms with Crippen LogP contribution >= 0.6 is 12.4 Å². The van der Waals surface area contributed by atoms with Crippen molar-refractivity contribution in [3.63, 3.8) is 0 Å². The van der Waals surface area contributed by atoms with E-state index in [4.69, 9.17) is 5.73 Å². The number of nitrogens with one attached hydrogen (secondary N) is 2. The molecule has 1 aliphatic carbocycles. The van der Waals surface area contributed by atoms with Crippen LogP contribution in [0.4, 0.5) is 11.4 Å². The number of anilines is 2. The SMILES string of the molecule is CC(=O)Nc1ccc(NC(=O)[C@@H]2CCC[C@@H]2CN)cc1.Cl. The van der Waals surface area contributed by atoms with Gasteiger partial charge in [-0.05, 0) is 49.6 Å². The van der Waals surface area contributed by atoms with Crippen LogP contribution in [0.2, 0.25) is 0 Å². The van der Waals surface area contributed by atoms with Crippen LogP contribution in [0.15, 0.2) is 24.3 Å². The summed E-state index contributed by atoms with van der Waals surface area (Å²) in [6, 6.07) is 7.11. The molecule has 116 valence electrons. The molecule has 0 bridgehead atoms. The average Bonchev–Trinajstić information content (AvgIpc) is 2.89. The molecule has 0 heterocycles. The number of amides is 2. The van der Waals surface area contributed by atoms with Gasteiger partial charge in [0, 0.05) is 24.2 Å². The van der Waals surface area contributed by atoms with Crippen molar-refractivity contribution >= 4 is 35.6 Å². The van der Waals surface area contributed by atoms with Crippen molar-refractivity contribution in [2.75, 3.05) is 17.2 Å². The fraction of sp³-hybridized carbons (Fsp3) is 0.467. The van der Waals surface area contributed by atoms with E-state index in [0.717, 1.165) is 30.6 Å². The highest BCUT2D eigenvalue weighted by Crippen LogP contribution is 2.31. The minimum atomic E-state index is -0.112. The zero-order chi connectivity index (χ0) is 14.5.